The summed E-state index contributed by atoms with van der Waals surface area (Å²) in [4.78, 5) is 25.7. The van der Waals surface area contributed by atoms with Crippen molar-refractivity contribution in [1.29, 1.82) is 5.26 Å². The summed E-state index contributed by atoms with van der Waals surface area (Å²) in [5, 5.41) is 19.6. The molecule has 3 aromatic rings. The third-order valence-electron chi connectivity index (χ3n) is 4.40. The van der Waals surface area contributed by atoms with E-state index < -0.39 is 11.9 Å². The smallest absolute Gasteiger partial charge is 0.323 e. The molecule has 6 heteroatoms. The molecule has 0 fully saturated rings. The van der Waals surface area contributed by atoms with Gasteiger partial charge in [0.1, 0.15) is 18.2 Å². The number of fused-ring (bicyclic) bond motifs is 1. The highest BCUT2D eigenvalue weighted by molar-refractivity contribution is 6.12. The van der Waals surface area contributed by atoms with E-state index in [4.69, 9.17) is 5.11 Å². The minimum absolute atomic E-state index is 0.0473. The molecule has 6 nitrogen and oxygen atoms in total. The molecule has 0 atom stereocenters. The van der Waals surface area contributed by atoms with Gasteiger partial charge in [0.15, 0.2) is 0 Å². The molecule has 3 rings (SSSR count). The van der Waals surface area contributed by atoms with Gasteiger partial charge in [0, 0.05) is 34.9 Å². The van der Waals surface area contributed by atoms with Crippen molar-refractivity contribution in [3.8, 4) is 6.07 Å². The number of carbonyl (C=O) groups is 2. The number of hydrogen-bond donors (Lipinski definition) is 1. The summed E-state index contributed by atoms with van der Waals surface area (Å²) in [6.07, 6.45) is 4.74. The first-order chi connectivity index (χ1) is 14.0. The number of amides is 1. The molecule has 29 heavy (non-hydrogen) atoms. The van der Waals surface area contributed by atoms with Gasteiger partial charge in [0.05, 0.1) is 0 Å². The van der Waals surface area contributed by atoms with Crippen molar-refractivity contribution in [2.75, 3.05) is 11.4 Å². The van der Waals surface area contributed by atoms with Gasteiger partial charge in [0.2, 0.25) is 0 Å². The average Bonchev–Trinajstić information content (AvgIpc) is 3.07. The quantitative estimate of drug-likeness (QED) is 0.380. The summed E-state index contributed by atoms with van der Waals surface area (Å²) in [5.74, 6) is -1.42. The van der Waals surface area contributed by atoms with Crippen LogP contribution in [-0.2, 0) is 16.1 Å². The van der Waals surface area contributed by atoms with E-state index in [-0.39, 0.29) is 18.7 Å². The van der Waals surface area contributed by atoms with Crippen molar-refractivity contribution in [3.63, 3.8) is 0 Å². The van der Waals surface area contributed by atoms with Gasteiger partial charge in [-0.15, -0.1) is 6.58 Å². The SMILES string of the molecule is C=CCN(C(=O)C(C#N)=Cc1cn(CC(=O)O)c2ccccc12)c1ccccc1. The summed E-state index contributed by atoms with van der Waals surface area (Å²) >= 11 is 0. The Morgan fingerprint density at radius 3 is 2.48 bits per heavy atom. The molecule has 0 spiro atoms. The molecule has 1 amide bonds. The van der Waals surface area contributed by atoms with Crippen LogP contribution in [0.15, 0.2) is 79.0 Å². The third kappa shape index (κ3) is 4.25. The molecule has 144 valence electrons. The number of carboxylic acid groups (broad SMARTS) is 1. The van der Waals surface area contributed by atoms with E-state index in [2.05, 4.69) is 6.58 Å². The van der Waals surface area contributed by atoms with Gasteiger partial charge in [0.25, 0.3) is 5.91 Å². The van der Waals surface area contributed by atoms with E-state index in [0.29, 0.717) is 11.3 Å². The van der Waals surface area contributed by atoms with Gasteiger partial charge < -0.3 is 14.6 Å². The number of anilines is 1. The van der Waals surface area contributed by atoms with Crippen LogP contribution < -0.4 is 4.90 Å². The lowest BCUT2D eigenvalue weighted by atomic mass is 10.1. The van der Waals surface area contributed by atoms with Crippen LogP contribution in [0.3, 0.4) is 0 Å². The fourth-order valence-corrected chi connectivity index (χ4v) is 3.15. The molecule has 1 heterocycles. The van der Waals surface area contributed by atoms with E-state index in [1.165, 1.54) is 11.0 Å². The molecule has 0 aliphatic heterocycles. The van der Waals surface area contributed by atoms with Crippen LogP contribution in [0.25, 0.3) is 17.0 Å². The summed E-state index contributed by atoms with van der Waals surface area (Å²) in [6.45, 7) is 3.74. The van der Waals surface area contributed by atoms with Crippen molar-refractivity contribution in [2.24, 2.45) is 0 Å². The number of aliphatic carboxylic acids is 1. The van der Waals surface area contributed by atoms with Crippen LogP contribution in [0.1, 0.15) is 5.56 Å². The van der Waals surface area contributed by atoms with Crippen LogP contribution in [0.4, 0.5) is 5.69 Å². The fourth-order valence-electron chi connectivity index (χ4n) is 3.15. The number of carboxylic acids is 1. The Balaban J connectivity index is 2.05. The molecule has 1 N–H and O–H groups in total. The highest BCUT2D eigenvalue weighted by Crippen LogP contribution is 2.25. The Bertz CT molecular complexity index is 1140. The second-order valence-electron chi connectivity index (χ2n) is 6.33. The molecule has 0 saturated heterocycles. The van der Waals surface area contributed by atoms with Crippen LogP contribution in [0.5, 0.6) is 0 Å². The van der Waals surface area contributed by atoms with Gasteiger partial charge in [-0.1, -0.05) is 42.5 Å². The van der Waals surface area contributed by atoms with Crippen molar-refractivity contribution in [2.45, 2.75) is 6.54 Å². The Labute approximate surface area is 168 Å². The fraction of sp³-hybridized carbons (Fsp3) is 0.0870. The zero-order valence-electron chi connectivity index (χ0n) is 15.7. The topological polar surface area (TPSA) is 86.3 Å². The lowest BCUT2D eigenvalue weighted by Crippen LogP contribution is -2.31. The molecule has 0 unspecified atom stereocenters. The lowest BCUT2D eigenvalue weighted by molar-refractivity contribution is -0.137. The minimum Gasteiger partial charge on any atom is -0.480 e. The summed E-state index contributed by atoms with van der Waals surface area (Å²) in [5.41, 5.74) is 1.94. The summed E-state index contributed by atoms with van der Waals surface area (Å²) in [7, 11) is 0. The lowest BCUT2D eigenvalue weighted by Gasteiger charge is -2.20. The molecule has 0 saturated carbocycles. The molecule has 1 aromatic heterocycles. The first-order valence-electron chi connectivity index (χ1n) is 8.94. The van der Waals surface area contributed by atoms with E-state index in [1.54, 1.807) is 35.0 Å². The molecular weight excluding hydrogens is 366 g/mol. The van der Waals surface area contributed by atoms with Crippen molar-refractivity contribution in [3.05, 3.63) is 84.6 Å². The maximum atomic E-state index is 13.1. The van der Waals surface area contributed by atoms with Gasteiger partial charge in [-0.3, -0.25) is 9.59 Å². The zero-order chi connectivity index (χ0) is 20.8. The standard InChI is InChI=1S/C23H19N3O3/c1-2-12-26(19-8-4-3-5-9-19)23(29)17(14-24)13-18-15-25(16-22(27)28)21-11-7-6-10-20(18)21/h2-11,13,15H,1,12,16H2,(H,27,28). The monoisotopic (exact) mass is 385 g/mol. The number of para-hydroxylation sites is 2. The summed E-state index contributed by atoms with van der Waals surface area (Å²) < 4.78 is 1.58. The Morgan fingerprint density at radius 1 is 1.14 bits per heavy atom. The van der Waals surface area contributed by atoms with Crippen molar-refractivity contribution < 1.29 is 14.7 Å². The number of nitrogens with zero attached hydrogens (tertiary/aromatic N) is 3. The number of hydrogen-bond acceptors (Lipinski definition) is 3. The Hall–Kier alpha value is -4.11. The van der Waals surface area contributed by atoms with Crippen LogP contribution in [0, 0.1) is 11.3 Å². The highest BCUT2D eigenvalue weighted by Gasteiger charge is 2.20. The van der Waals surface area contributed by atoms with Crippen molar-refractivity contribution >= 4 is 34.5 Å². The molecule has 0 aliphatic carbocycles. The average molecular weight is 385 g/mol. The normalized spacial score (nSPS) is 11.1. The molecular formula is C23H19N3O3. The van der Waals surface area contributed by atoms with Gasteiger partial charge >= 0.3 is 5.97 Å². The second-order valence-corrected chi connectivity index (χ2v) is 6.33. The second kappa shape index (κ2) is 8.72. The van der Waals surface area contributed by atoms with E-state index in [0.717, 1.165) is 10.9 Å². The van der Waals surface area contributed by atoms with Crippen LogP contribution in [-0.4, -0.2) is 28.1 Å². The highest BCUT2D eigenvalue weighted by atomic mass is 16.4. The third-order valence-corrected chi connectivity index (χ3v) is 4.40. The number of benzene rings is 2. The predicted molar refractivity (Wildman–Crippen MR) is 112 cm³/mol. The van der Waals surface area contributed by atoms with E-state index >= 15 is 0 Å². The molecule has 0 aliphatic rings. The minimum atomic E-state index is -0.973. The predicted octanol–water partition coefficient (Wildman–Crippen LogP) is 3.85. The summed E-state index contributed by atoms with van der Waals surface area (Å²) in [6, 6.07) is 18.3. The number of aromatic nitrogens is 1. The maximum Gasteiger partial charge on any atom is 0.323 e. The Morgan fingerprint density at radius 2 is 1.83 bits per heavy atom. The molecule has 2 aromatic carbocycles. The van der Waals surface area contributed by atoms with Gasteiger partial charge in [-0.2, -0.15) is 5.26 Å². The first-order valence-corrected chi connectivity index (χ1v) is 8.94. The van der Waals surface area contributed by atoms with E-state index in [9.17, 15) is 14.9 Å². The van der Waals surface area contributed by atoms with Crippen LogP contribution in [0.2, 0.25) is 0 Å². The number of rotatable bonds is 7. The van der Waals surface area contributed by atoms with Gasteiger partial charge in [-0.05, 0) is 24.3 Å². The van der Waals surface area contributed by atoms with E-state index in [1.807, 2.05) is 42.5 Å². The zero-order valence-corrected chi connectivity index (χ0v) is 15.7. The molecule has 0 bridgehead atoms. The Kier molecular flexibility index (Phi) is 5.91. The largest absolute Gasteiger partial charge is 0.480 e. The van der Waals surface area contributed by atoms with Crippen molar-refractivity contribution in [1.82, 2.24) is 4.57 Å². The maximum absolute atomic E-state index is 13.1. The number of carbonyl (C=O) groups excluding carboxylic acids is 1. The number of nitriles is 1. The van der Waals surface area contributed by atoms with Gasteiger partial charge in [-0.25, -0.2) is 0 Å². The van der Waals surface area contributed by atoms with Crippen LogP contribution >= 0.6 is 0 Å². The first kappa shape index (κ1) is 19.6. The molecule has 0 radical (unpaired) electrons.